The second-order valence-corrected chi connectivity index (χ2v) is 5.72. The fourth-order valence-electron chi connectivity index (χ4n) is 2.47. The normalized spacial score (nSPS) is 33.0. The molecule has 1 rings (SSSR count). The van der Waals surface area contributed by atoms with Crippen LogP contribution in [-0.4, -0.2) is 11.2 Å². The number of rotatable bonds is 1. The van der Waals surface area contributed by atoms with Gasteiger partial charge in [0.1, 0.15) is 0 Å². The van der Waals surface area contributed by atoms with Gasteiger partial charge in [-0.2, -0.15) is 0 Å². The summed E-state index contributed by atoms with van der Waals surface area (Å²) in [5.74, 6) is 1.43. The Morgan fingerprint density at radius 2 is 1.54 bits per heavy atom. The molecular formula is C12H24O. The molecule has 1 saturated carbocycles. The zero-order valence-electron chi connectivity index (χ0n) is 9.51. The van der Waals surface area contributed by atoms with Crippen LogP contribution in [0.5, 0.6) is 0 Å². The molecule has 1 fully saturated rings. The molecule has 78 valence electrons. The van der Waals surface area contributed by atoms with Crippen molar-refractivity contribution in [1.82, 2.24) is 0 Å². The zero-order valence-corrected chi connectivity index (χ0v) is 9.51. The highest BCUT2D eigenvalue weighted by atomic mass is 16.3. The first-order valence-electron chi connectivity index (χ1n) is 5.59. The quantitative estimate of drug-likeness (QED) is 0.663. The Morgan fingerprint density at radius 1 is 1.08 bits per heavy atom. The van der Waals surface area contributed by atoms with Gasteiger partial charge in [-0.15, -0.1) is 0 Å². The summed E-state index contributed by atoms with van der Waals surface area (Å²) in [7, 11) is 0. The lowest BCUT2D eigenvalue weighted by molar-refractivity contribution is 0.0647. The third-order valence-electron chi connectivity index (χ3n) is 3.68. The monoisotopic (exact) mass is 184 g/mol. The van der Waals surface area contributed by atoms with Crippen LogP contribution >= 0.6 is 0 Å². The van der Waals surface area contributed by atoms with Crippen molar-refractivity contribution in [3.8, 4) is 0 Å². The molecule has 1 unspecified atom stereocenters. The van der Waals surface area contributed by atoms with Gasteiger partial charge in [0.25, 0.3) is 0 Å². The van der Waals surface area contributed by atoms with E-state index in [2.05, 4.69) is 20.8 Å². The number of aliphatic hydroxyl groups excluding tert-OH is 1. The Hall–Kier alpha value is -0.0400. The van der Waals surface area contributed by atoms with Crippen LogP contribution in [-0.2, 0) is 0 Å². The minimum Gasteiger partial charge on any atom is -0.393 e. The largest absolute Gasteiger partial charge is 0.393 e. The predicted octanol–water partition coefficient (Wildman–Crippen LogP) is 3.22. The summed E-state index contributed by atoms with van der Waals surface area (Å²) in [4.78, 5) is 0. The van der Waals surface area contributed by atoms with Crippen LogP contribution in [0.4, 0.5) is 0 Å². The van der Waals surface area contributed by atoms with Gasteiger partial charge in [-0.05, 0) is 49.9 Å². The Labute approximate surface area is 82.5 Å². The van der Waals surface area contributed by atoms with Gasteiger partial charge in [-0.1, -0.05) is 20.8 Å². The third kappa shape index (κ3) is 2.98. The van der Waals surface area contributed by atoms with E-state index in [1.807, 2.05) is 6.92 Å². The molecule has 0 heterocycles. The summed E-state index contributed by atoms with van der Waals surface area (Å²) >= 11 is 0. The zero-order chi connectivity index (χ0) is 10.1. The van der Waals surface area contributed by atoms with Gasteiger partial charge in [-0.3, -0.25) is 0 Å². The fraction of sp³-hybridized carbons (Fsp3) is 1.00. The van der Waals surface area contributed by atoms with Gasteiger partial charge < -0.3 is 5.11 Å². The Balaban J connectivity index is 2.39. The highest BCUT2D eigenvalue weighted by Crippen LogP contribution is 2.40. The maximum absolute atomic E-state index is 9.47. The second kappa shape index (κ2) is 4.00. The van der Waals surface area contributed by atoms with Gasteiger partial charge >= 0.3 is 0 Å². The molecule has 1 aliphatic carbocycles. The van der Waals surface area contributed by atoms with E-state index in [9.17, 15) is 5.11 Å². The van der Waals surface area contributed by atoms with Gasteiger partial charge in [-0.25, -0.2) is 0 Å². The Kier molecular flexibility index (Phi) is 3.39. The Bertz CT molecular complexity index is 147. The summed E-state index contributed by atoms with van der Waals surface area (Å²) in [6.07, 6.45) is 4.96. The molecule has 0 aromatic rings. The highest BCUT2D eigenvalue weighted by Gasteiger charge is 2.30. The molecule has 0 bridgehead atoms. The lowest BCUT2D eigenvalue weighted by atomic mass is 9.69. The van der Waals surface area contributed by atoms with Crippen LogP contribution < -0.4 is 0 Å². The van der Waals surface area contributed by atoms with Crippen LogP contribution in [0.2, 0.25) is 0 Å². The minimum atomic E-state index is -0.0964. The third-order valence-corrected chi connectivity index (χ3v) is 3.68. The molecular weight excluding hydrogens is 160 g/mol. The molecule has 13 heavy (non-hydrogen) atoms. The fourth-order valence-corrected chi connectivity index (χ4v) is 2.47. The number of aliphatic hydroxyl groups is 1. The van der Waals surface area contributed by atoms with E-state index in [-0.39, 0.29) is 6.10 Å². The van der Waals surface area contributed by atoms with Gasteiger partial charge in [0.05, 0.1) is 6.10 Å². The van der Waals surface area contributed by atoms with Crippen molar-refractivity contribution in [2.24, 2.45) is 17.3 Å². The summed E-state index contributed by atoms with van der Waals surface area (Å²) in [5.41, 5.74) is 0.462. The first kappa shape index (κ1) is 11.0. The lowest BCUT2D eigenvalue weighted by Crippen LogP contribution is -2.29. The molecule has 0 amide bonds. The van der Waals surface area contributed by atoms with E-state index < -0.39 is 0 Å². The summed E-state index contributed by atoms with van der Waals surface area (Å²) < 4.78 is 0. The standard InChI is InChI=1S/C12H24O/c1-9(13)10-5-7-11(8-6-10)12(2,3)4/h9-11,13H,5-8H2,1-4H3. The molecule has 0 radical (unpaired) electrons. The SMILES string of the molecule is CC(O)C1CCC(C(C)(C)C)CC1. The van der Waals surface area contributed by atoms with E-state index in [4.69, 9.17) is 0 Å². The van der Waals surface area contributed by atoms with E-state index in [0.717, 1.165) is 5.92 Å². The van der Waals surface area contributed by atoms with E-state index in [1.165, 1.54) is 25.7 Å². The molecule has 1 heteroatoms. The van der Waals surface area contributed by atoms with Crippen molar-refractivity contribution < 1.29 is 5.11 Å². The van der Waals surface area contributed by atoms with E-state index in [0.29, 0.717) is 11.3 Å². The van der Waals surface area contributed by atoms with Crippen LogP contribution in [0.3, 0.4) is 0 Å². The number of hydrogen-bond acceptors (Lipinski definition) is 1. The average molecular weight is 184 g/mol. The van der Waals surface area contributed by atoms with Crippen LogP contribution in [0, 0.1) is 17.3 Å². The molecule has 0 spiro atoms. The van der Waals surface area contributed by atoms with Crippen LogP contribution in [0.1, 0.15) is 53.4 Å². The first-order chi connectivity index (χ1) is 5.91. The molecule has 1 N–H and O–H groups in total. The smallest absolute Gasteiger partial charge is 0.0540 e. The van der Waals surface area contributed by atoms with Crippen molar-refractivity contribution in [2.45, 2.75) is 59.5 Å². The average Bonchev–Trinajstić information content (AvgIpc) is 2.03. The predicted molar refractivity (Wildman–Crippen MR) is 56.6 cm³/mol. The molecule has 1 nitrogen and oxygen atoms in total. The maximum atomic E-state index is 9.47. The maximum Gasteiger partial charge on any atom is 0.0540 e. The molecule has 1 atom stereocenters. The minimum absolute atomic E-state index is 0.0964. The summed E-state index contributed by atoms with van der Waals surface area (Å²) in [6, 6.07) is 0. The molecule has 0 saturated heterocycles. The van der Waals surface area contributed by atoms with Crippen molar-refractivity contribution in [1.29, 1.82) is 0 Å². The molecule has 0 aromatic carbocycles. The van der Waals surface area contributed by atoms with Crippen LogP contribution in [0.15, 0.2) is 0 Å². The van der Waals surface area contributed by atoms with Crippen molar-refractivity contribution in [3.63, 3.8) is 0 Å². The summed E-state index contributed by atoms with van der Waals surface area (Å²) in [6.45, 7) is 8.93. The number of hydrogen-bond donors (Lipinski definition) is 1. The van der Waals surface area contributed by atoms with Crippen molar-refractivity contribution >= 4 is 0 Å². The van der Waals surface area contributed by atoms with Crippen molar-refractivity contribution in [2.75, 3.05) is 0 Å². The first-order valence-corrected chi connectivity index (χ1v) is 5.59. The topological polar surface area (TPSA) is 20.2 Å². The molecule has 0 aromatic heterocycles. The van der Waals surface area contributed by atoms with Gasteiger partial charge in [0, 0.05) is 0 Å². The molecule has 1 aliphatic rings. The van der Waals surface area contributed by atoms with E-state index >= 15 is 0 Å². The van der Waals surface area contributed by atoms with Gasteiger partial charge in [0.2, 0.25) is 0 Å². The summed E-state index contributed by atoms with van der Waals surface area (Å²) in [5, 5.41) is 9.47. The van der Waals surface area contributed by atoms with Gasteiger partial charge in [0.15, 0.2) is 0 Å². The van der Waals surface area contributed by atoms with E-state index in [1.54, 1.807) is 0 Å². The van der Waals surface area contributed by atoms with Crippen molar-refractivity contribution in [3.05, 3.63) is 0 Å². The second-order valence-electron chi connectivity index (χ2n) is 5.72. The molecule has 0 aliphatic heterocycles. The van der Waals surface area contributed by atoms with Crippen LogP contribution in [0.25, 0.3) is 0 Å². The lowest BCUT2D eigenvalue weighted by Gasteiger charge is -2.37. The Morgan fingerprint density at radius 3 is 1.85 bits per heavy atom. The highest BCUT2D eigenvalue weighted by molar-refractivity contribution is 4.81.